The van der Waals surface area contributed by atoms with Gasteiger partial charge in [-0.25, -0.2) is 0 Å². The molecule has 6 nitrogen and oxygen atoms in total. The van der Waals surface area contributed by atoms with Crippen LogP contribution in [-0.2, 0) is 22.6 Å². The van der Waals surface area contributed by atoms with Crippen molar-refractivity contribution >= 4 is 11.8 Å². The fourth-order valence-corrected chi connectivity index (χ4v) is 2.48. The fourth-order valence-electron chi connectivity index (χ4n) is 2.48. The van der Waals surface area contributed by atoms with Crippen LogP contribution < -0.4 is 20.1 Å². The maximum Gasteiger partial charge on any atom is 0.239 e. The van der Waals surface area contributed by atoms with Crippen LogP contribution in [0.2, 0.25) is 0 Å². The molecule has 2 N–H and O–H groups in total. The molecule has 0 unspecified atom stereocenters. The van der Waals surface area contributed by atoms with Gasteiger partial charge < -0.3 is 20.1 Å². The summed E-state index contributed by atoms with van der Waals surface area (Å²) in [4.78, 5) is 23.9. The van der Waals surface area contributed by atoms with Crippen LogP contribution in [0, 0.1) is 6.92 Å². The predicted octanol–water partition coefficient (Wildman–Crippen LogP) is 1.99. The number of carbonyl (C=O) groups excluding carboxylic acids is 2. The van der Waals surface area contributed by atoms with Crippen molar-refractivity contribution in [2.24, 2.45) is 0 Å². The molecule has 0 bridgehead atoms. The molecule has 2 aromatic rings. The minimum atomic E-state index is -0.252. The van der Waals surface area contributed by atoms with Crippen LogP contribution >= 0.6 is 0 Å². The number of hydrogen-bond acceptors (Lipinski definition) is 4. The minimum absolute atomic E-state index is 0.0575. The molecule has 0 saturated carbocycles. The van der Waals surface area contributed by atoms with E-state index < -0.39 is 0 Å². The monoisotopic (exact) mass is 356 g/mol. The third-order valence-corrected chi connectivity index (χ3v) is 4.00. The van der Waals surface area contributed by atoms with Gasteiger partial charge in [-0.2, -0.15) is 0 Å². The average molecular weight is 356 g/mol. The lowest BCUT2D eigenvalue weighted by Gasteiger charge is -2.11. The second kappa shape index (κ2) is 9.46. The van der Waals surface area contributed by atoms with Crippen LogP contribution in [0.5, 0.6) is 11.5 Å². The molecule has 138 valence electrons. The number of methoxy groups -OCH3 is 2. The maximum atomic E-state index is 12.0. The topological polar surface area (TPSA) is 76.7 Å². The van der Waals surface area contributed by atoms with Gasteiger partial charge in [0.05, 0.1) is 27.2 Å². The Balaban J connectivity index is 1.78. The van der Waals surface area contributed by atoms with Crippen molar-refractivity contribution < 1.29 is 19.1 Å². The van der Waals surface area contributed by atoms with Crippen molar-refractivity contribution in [1.29, 1.82) is 0 Å². The van der Waals surface area contributed by atoms with E-state index in [-0.39, 0.29) is 24.8 Å². The van der Waals surface area contributed by atoms with Gasteiger partial charge in [-0.05, 0) is 35.7 Å². The molecule has 0 aliphatic rings. The average Bonchev–Trinajstić information content (AvgIpc) is 2.66. The zero-order valence-electron chi connectivity index (χ0n) is 15.3. The molecule has 0 fully saturated rings. The Bertz CT molecular complexity index is 774. The highest BCUT2D eigenvalue weighted by Gasteiger charge is 2.09. The largest absolute Gasteiger partial charge is 0.493 e. The molecule has 2 rings (SSSR count). The van der Waals surface area contributed by atoms with Gasteiger partial charge in [0.2, 0.25) is 11.8 Å². The molecule has 0 aromatic heterocycles. The van der Waals surface area contributed by atoms with Crippen molar-refractivity contribution in [1.82, 2.24) is 10.6 Å². The normalized spacial score (nSPS) is 10.1. The van der Waals surface area contributed by atoms with Crippen molar-refractivity contribution in [3.05, 3.63) is 59.2 Å². The molecule has 6 heteroatoms. The SMILES string of the molecule is COc1ccc(CNC(=O)CNC(=O)Cc2ccccc2C)cc1OC. The first kappa shape index (κ1) is 19.3. The summed E-state index contributed by atoms with van der Waals surface area (Å²) in [5.74, 6) is 0.801. The number of aryl methyl sites for hydroxylation is 1. The minimum Gasteiger partial charge on any atom is -0.493 e. The number of nitrogens with one attached hydrogen (secondary N) is 2. The molecule has 0 heterocycles. The lowest BCUT2D eigenvalue weighted by molar-refractivity contribution is -0.125. The molecular weight excluding hydrogens is 332 g/mol. The molecule has 0 saturated heterocycles. The molecule has 26 heavy (non-hydrogen) atoms. The first-order valence-electron chi connectivity index (χ1n) is 8.32. The predicted molar refractivity (Wildman–Crippen MR) is 99.3 cm³/mol. The van der Waals surface area contributed by atoms with Crippen LogP contribution in [-0.4, -0.2) is 32.6 Å². The Kier molecular flexibility index (Phi) is 7.02. The number of hydrogen-bond donors (Lipinski definition) is 2. The number of amides is 2. The Morgan fingerprint density at radius 1 is 0.923 bits per heavy atom. The summed E-state index contributed by atoms with van der Waals surface area (Å²) in [6.45, 7) is 2.24. The Labute approximate surface area is 153 Å². The quantitative estimate of drug-likeness (QED) is 0.758. The standard InChI is InChI=1S/C20H24N2O4/c1-14-6-4-5-7-16(14)11-19(23)22-13-20(24)21-12-15-8-9-17(25-2)18(10-15)26-3/h4-10H,11-13H2,1-3H3,(H,21,24)(H,22,23). The second-order valence-electron chi connectivity index (χ2n) is 5.85. The molecule has 0 aliphatic heterocycles. The van der Waals surface area contributed by atoms with E-state index in [1.165, 1.54) is 0 Å². The van der Waals surface area contributed by atoms with Gasteiger partial charge in [-0.3, -0.25) is 9.59 Å². The Morgan fingerprint density at radius 3 is 2.35 bits per heavy atom. The number of carbonyl (C=O) groups is 2. The summed E-state index contributed by atoms with van der Waals surface area (Å²) in [7, 11) is 3.13. The number of benzene rings is 2. The molecule has 0 atom stereocenters. The van der Waals surface area contributed by atoms with E-state index in [1.807, 2.05) is 37.3 Å². The van der Waals surface area contributed by atoms with Crippen molar-refractivity contribution in [2.45, 2.75) is 19.9 Å². The third-order valence-electron chi connectivity index (χ3n) is 4.00. The summed E-state index contributed by atoms with van der Waals surface area (Å²) in [6.07, 6.45) is 0.260. The molecule has 2 amide bonds. The molecule has 0 radical (unpaired) electrons. The van der Waals surface area contributed by atoms with Crippen LogP contribution in [0.1, 0.15) is 16.7 Å². The highest BCUT2D eigenvalue weighted by molar-refractivity contribution is 5.85. The number of rotatable bonds is 8. The zero-order chi connectivity index (χ0) is 18.9. The van der Waals surface area contributed by atoms with E-state index in [2.05, 4.69) is 10.6 Å². The van der Waals surface area contributed by atoms with Gasteiger partial charge in [-0.15, -0.1) is 0 Å². The van der Waals surface area contributed by atoms with E-state index in [4.69, 9.17) is 9.47 Å². The van der Waals surface area contributed by atoms with Gasteiger partial charge in [0.25, 0.3) is 0 Å². The molecule has 0 aliphatic carbocycles. The van der Waals surface area contributed by atoms with Crippen molar-refractivity contribution in [3.8, 4) is 11.5 Å². The summed E-state index contributed by atoms with van der Waals surface area (Å²) in [5, 5.41) is 5.41. The van der Waals surface area contributed by atoms with Gasteiger partial charge in [0.15, 0.2) is 11.5 Å². The van der Waals surface area contributed by atoms with Crippen molar-refractivity contribution in [3.63, 3.8) is 0 Å². The van der Waals surface area contributed by atoms with Gasteiger partial charge >= 0.3 is 0 Å². The highest BCUT2D eigenvalue weighted by atomic mass is 16.5. The van der Waals surface area contributed by atoms with E-state index in [9.17, 15) is 9.59 Å². The third kappa shape index (κ3) is 5.51. The first-order valence-corrected chi connectivity index (χ1v) is 8.32. The van der Waals surface area contributed by atoms with Gasteiger partial charge in [-0.1, -0.05) is 30.3 Å². The smallest absolute Gasteiger partial charge is 0.239 e. The van der Waals surface area contributed by atoms with Crippen molar-refractivity contribution in [2.75, 3.05) is 20.8 Å². The summed E-state index contributed by atoms with van der Waals surface area (Å²) in [6, 6.07) is 13.1. The maximum absolute atomic E-state index is 12.0. The highest BCUT2D eigenvalue weighted by Crippen LogP contribution is 2.27. The summed E-state index contributed by atoms with van der Waals surface area (Å²) in [5.41, 5.74) is 2.89. The zero-order valence-corrected chi connectivity index (χ0v) is 15.3. The van der Waals surface area contributed by atoms with E-state index in [1.54, 1.807) is 26.4 Å². The fraction of sp³-hybridized carbons (Fsp3) is 0.300. The van der Waals surface area contributed by atoms with Crippen LogP contribution in [0.15, 0.2) is 42.5 Å². The Hall–Kier alpha value is -3.02. The Morgan fingerprint density at radius 2 is 1.65 bits per heavy atom. The summed E-state index contributed by atoms with van der Waals surface area (Å²) >= 11 is 0. The lowest BCUT2D eigenvalue weighted by Crippen LogP contribution is -2.37. The first-order chi connectivity index (χ1) is 12.5. The van der Waals surface area contributed by atoms with Crippen LogP contribution in [0.4, 0.5) is 0 Å². The van der Waals surface area contributed by atoms with E-state index in [0.717, 1.165) is 16.7 Å². The molecule has 0 spiro atoms. The number of ether oxygens (including phenoxy) is 2. The van der Waals surface area contributed by atoms with Gasteiger partial charge in [0, 0.05) is 6.54 Å². The van der Waals surface area contributed by atoms with E-state index >= 15 is 0 Å². The molecule has 2 aromatic carbocycles. The van der Waals surface area contributed by atoms with Gasteiger partial charge in [0.1, 0.15) is 0 Å². The lowest BCUT2D eigenvalue weighted by atomic mass is 10.1. The van der Waals surface area contributed by atoms with E-state index in [0.29, 0.717) is 18.0 Å². The van der Waals surface area contributed by atoms with Crippen LogP contribution in [0.3, 0.4) is 0 Å². The molecular formula is C20H24N2O4. The second-order valence-corrected chi connectivity index (χ2v) is 5.85. The summed E-state index contributed by atoms with van der Waals surface area (Å²) < 4.78 is 10.4. The van der Waals surface area contributed by atoms with Crippen LogP contribution in [0.25, 0.3) is 0 Å².